The van der Waals surface area contributed by atoms with E-state index in [2.05, 4.69) is 4.79 Å². The topological polar surface area (TPSA) is 86.2 Å². The minimum Gasteiger partial charge on any atom is -0.444 e. The maximum absolute atomic E-state index is 11.9. The number of amides is 1. The number of likely N-dealkylation sites (tertiary alicyclic amines) is 1. The molecule has 0 aromatic rings. The van der Waals surface area contributed by atoms with Crippen LogP contribution in [0.15, 0.2) is 0 Å². The third-order valence-corrected chi connectivity index (χ3v) is 3.24. The maximum atomic E-state index is 11.9. The van der Waals surface area contributed by atoms with Gasteiger partial charge in [-0.3, -0.25) is 0 Å². The molecule has 1 heterocycles. The second kappa shape index (κ2) is 5.72. The van der Waals surface area contributed by atoms with Gasteiger partial charge in [0.15, 0.2) is 5.60 Å². The van der Waals surface area contributed by atoms with Crippen LogP contribution in [0.2, 0.25) is 0 Å². The van der Waals surface area contributed by atoms with Gasteiger partial charge in [-0.15, -0.1) is 0 Å². The molecule has 1 rings (SSSR count). The number of hydrogen-bond donors (Lipinski definition) is 1. The summed E-state index contributed by atoms with van der Waals surface area (Å²) >= 11 is 0. The van der Waals surface area contributed by atoms with E-state index in [1.54, 1.807) is 4.90 Å². The van der Waals surface area contributed by atoms with Gasteiger partial charge in [-0.05, 0) is 20.8 Å². The smallest absolute Gasteiger partial charge is 0.410 e. The van der Waals surface area contributed by atoms with Gasteiger partial charge in [0.1, 0.15) is 5.60 Å². The second-order valence-electron chi connectivity index (χ2n) is 5.90. The van der Waals surface area contributed by atoms with Crippen molar-refractivity contribution in [1.82, 2.24) is 4.90 Å². The average molecular weight is 269 g/mol. The SMILES string of the molecule is CCC(=[N+]=[N-])C1(O)CCN(C(=O)OC(C)(C)C)CC1. The van der Waals surface area contributed by atoms with E-state index in [4.69, 9.17) is 10.3 Å². The molecule has 0 bridgehead atoms. The lowest BCUT2D eigenvalue weighted by atomic mass is 9.85. The summed E-state index contributed by atoms with van der Waals surface area (Å²) in [5, 5.41) is 10.4. The fraction of sp³-hybridized carbons (Fsp3) is 0.846. The van der Waals surface area contributed by atoms with Crippen molar-refractivity contribution in [3.63, 3.8) is 0 Å². The molecule has 0 radical (unpaired) electrons. The van der Waals surface area contributed by atoms with Crippen LogP contribution in [0.3, 0.4) is 0 Å². The number of hydrogen-bond acceptors (Lipinski definition) is 3. The standard InChI is InChI=1S/C13H23N3O3/c1-5-10(15-14)13(18)6-8-16(9-7-13)11(17)19-12(2,3)4/h18H,5-9H2,1-4H3. The first-order valence-corrected chi connectivity index (χ1v) is 6.63. The third-order valence-electron chi connectivity index (χ3n) is 3.24. The minimum atomic E-state index is -1.11. The van der Waals surface area contributed by atoms with E-state index >= 15 is 0 Å². The fourth-order valence-corrected chi connectivity index (χ4v) is 2.17. The highest BCUT2D eigenvalue weighted by Crippen LogP contribution is 2.25. The molecule has 1 aliphatic heterocycles. The van der Waals surface area contributed by atoms with E-state index in [-0.39, 0.29) is 6.09 Å². The molecule has 1 saturated heterocycles. The Morgan fingerprint density at radius 2 is 1.95 bits per heavy atom. The zero-order valence-electron chi connectivity index (χ0n) is 12.1. The first-order valence-electron chi connectivity index (χ1n) is 6.63. The number of nitrogens with zero attached hydrogens (tertiary/aromatic N) is 3. The Hall–Kier alpha value is -1.39. The lowest BCUT2D eigenvalue weighted by Gasteiger charge is -2.36. The first kappa shape index (κ1) is 15.7. The number of carbonyl (C=O) groups is 1. The monoisotopic (exact) mass is 269 g/mol. The van der Waals surface area contributed by atoms with Crippen molar-refractivity contribution in [3.05, 3.63) is 5.53 Å². The van der Waals surface area contributed by atoms with E-state index < -0.39 is 11.2 Å². The van der Waals surface area contributed by atoms with Crippen LogP contribution in [-0.4, -0.2) is 50.9 Å². The van der Waals surface area contributed by atoms with Gasteiger partial charge >= 0.3 is 6.09 Å². The molecular weight excluding hydrogens is 246 g/mol. The molecule has 0 aliphatic carbocycles. The van der Waals surface area contributed by atoms with Crippen molar-refractivity contribution in [1.29, 1.82) is 0 Å². The Balaban J connectivity index is 2.63. The fourth-order valence-electron chi connectivity index (χ4n) is 2.17. The van der Waals surface area contributed by atoms with E-state index in [0.29, 0.717) is 38.1 Å². The summed E-state index contributed by atoms with van der Waals surface area (Å²) in [7, 11) is 0. The summed E-state index contributed by atoms with van der Waals surface area (Å²) < 4.78 is 5.28. The van der Waals surface area contributed by atoms with Gasteiger partial charge in [0, 0.05) is 32.4 Å². The molecule has 0 spiro atoms. The highest BCUT2D eigenvalue weighted by Gasteiger charge is 2.43. The van der Waals surface area contributed by atoms with Gasteiger partial charge in [0.05, 0.1) is 0 Å². The lowest BCUT2D eigenvalue weighted by Crippen LogP contribution is -2.51. The van der Waals surface area contributed by atoms with Crippen molar-refractivity contribution in [2.75, 3.05) is 13.1 Å². The van der Waals surface area contributed by atoms with Crippen LogP contribution in [0.25, 0.3) is 5.53 Å². The third kappa shape index (κ3) is 4.04. The number of aliphatic hydroxyl groups is 1. The van der Waals surface area contributed by atoms with Gasteiger partial charge in [-0.2, -0.15) is 4.79 Å². The molecule has 0 atom stereocenters. The Morgan fingerprint density at radius 3 is 2.32 bits per heavy atom. The molecule has 0 saturated carbocycles. The predicted octanol–water partition coefficient (Wildman–Crippen LogP) is 1.83. The molecule has 6 heteroatoms. The summed E-state index contributed by atoms with van der Waals surface area (Å²) in [6.45, 7) is 8.07. The van der Waals surface area contributed by atoms with Crippen LogP contribution in [0.4, 0.5) is 4.79 Å². The number of rotatable bonds is 2. The zero-order chi connectivity index (χ0) is 14.7. The van der Waals surface area contributed by atoms with Crippen LogP contribution in [0.5, 0.6) is 0 Å². The minimum absolute atomic E-state index is 0.361. The second-order valence-corrected chi connectivity index (χ2v) is 5.90. The Kier molecular flexibility index (Phi) is 4.71. The first-order chi connectivity index (χ1) is 8.72. The van der Waals surface area contributed by atoms with E-state index in [1.165, 1.54) is 0 Å². The quantitative estimate of drug-likeness (QED) is 0.471. The lowest BCUT2D eigenvalue weighted by molar-refractivity contribution is -0.0595. The molecular formula is C13H23N3O3. The average Bonchev–Trinajstić information content (AvgIpc) is 2.28. The van der Waals surface area contributed by atoms with E-state index in [0.717, 1.165) is 0 Å². The summed E-state index contributed by atoms with van der Waals surface area (Å²) in [5.74, 6) is 0. The van der Waals surface area contributed by atoms with Crippen molar-refractivity contribution < 1.29 is 19.4 Å². The Labute approximate surface area is 114 Å². The maximum Gasteiger partial charge on any atom is 0.410 e. The van der Waals surface area contributed by atoms with Crippen LogP contribution in [0.1, 0.15) is 47.0 Å². The van der Waals surface area contributed by atoms with Gasteiger partial charge in [-0.1, -0.05) is 6.92 Å². The summed E-state index contributed by atoms with van der Waals surface area (Å²) in [6, 6.07) is 0. The molecule has 1 fully saturated rings. The largest absolute Gasteiger partial charge is 0.444 e. The van der Waals surface area contributed by atoms with Crippen molar-refractivity contribution in [2.24, 2.45) is 0 Å². The van der Waals surface area contributed by atoms with Crippen LogP contribution in [-0.2, 0) is 4.74 Å². The molecule has 0 unspecified atom stereocenters. The van der Waals surface area contributed by atoms with Crippen molar-refractivity contribution in [3.8, 4) is 0 Å². The van der Waals surface area contributed by atoms with E-state index in [9.17, 15) is 9.90 Å². The summed E-state index contributed by atoms with van der Waals surface area (Å²) in [5.41, 5.74) is 7.63. The molecule has 6 nitrogen and oxygen atoms in total. The molecule has 1 aliphatic rings. The predicted molar refractivity (Wildman–Crippen MR) is 70.9 cm³/mol. The Bertz CT molecular complexity index is 386. The molecule has 1 N–H and O–H groups in total. The van der Waals surface area contributed by atoms with Crippen LogP contribution < -0.4 is 0 Å². The molecule has 1 amide bonds. The van der Waals surface area contributed by atoms with Gasteiger partial charge < -0.3 is 20.3 Å². The van der Waals surface area contributed by atoms with Crippen molar-refractivity contribution in [2.45, 2.75) is 58.2 Å². The van der Waals surface area contributed by atoms with Gasteiger partial charge in [0.2, 0.25) is 0 Å². The summed E-state index contributed by atoms with van der Waals surface area (Å²) in [4.78, 5) is 16.6. The molecule has 0 aromatic carbocycles. The highest BCUT2D eigenvalue weighted by atomic mass is 16.6. The van der Waals surface area contributed by atoms with Gasteiger partial charge in [-0.25, -0.2) is 4.79 Å². The van der Waals surface area contributed by atoms with Crippen LogP contribution in [0, 0.1) is 0 Å². The number of carbonyl (C=O) groups excluding carboxylic acids is 1. The van der Waals surface area contributed by atoms with Gasteiger partial charge in [0.25, 0.3) is 5.71 Å². The van der Waals surface area contributed by atoms with E-state index in [1.807, 2.05) is 27.7 Å². The molecule has 19 heavy (non-hydrogen) atoms. The number of ether oxygens (including phenoxy) is 1. The normalized spacial score (nSPS) is 18.7. The number of piperidine rings is 1. The summed E-state index contributed by atoms with van der Waals surface area (Å²) in [6.07, 6.45) is 0.840. The van der Waals surface area contributed by atoms with Crippen LogP contribution >= 0.6 is 0 Å². The Morgan fingerprint density at radius 1 is 1.42 bits per heavy atom. The van der Waals surface area contributed by atoms with Crippen molar-refractivity contribution >= 4 is 11.8 Å². The molecule has 0 aromatic heterocycles. The molecule has 108 valence electrons. The zero-order valence-corrected chi connectivity index (χ0v) is 12.1. The highest BCUT2D eigenvalue weighted by molar-refractivity contribution is 5.87.